The first-order chi connectivity index (χ1) is 12.6. The average molecular weight is 375 g/mol. The summed E-state index contributed by atoms with van der Waals surface area (Å²) < 4.78 is 0. The van der Waals surface area contributed by atoms with Crippen LogP contribution in [0.3, 0.4) is 0 Å². The Hall–Kier alpha value is -1.06. The van der Waals surface area contributed by atoms with E-state index >= 15 is 0 Å². The monoisotopic (exact) mass is 374 g/mol. The third-order valence-electron chi connectivity index (χ3n) is 5.85. The van der Waals surface area contributed by atoms with Crippen molar-refractivity contribution in [1.82, 2.24) is 10.2 Å². The van der Waals surface area contributed by atoms with E-state index in [2.05, 4.69) is 70.8 Å². The van der Waals surface area contributed by atoms with Gasteiger partial charge in [0, 0.05) is 37.8 Å². The summed E-state index contributed by atoms with van der Waals surface area (Å²) in [6.45, 7) is 19.9. The van der Waals surface area contributed by atoms with E-state index in [1.807, 2.05) is 0 Å². The lowest BCUT2D eigenvalue weighted by atomic mass is 9.77. The van der Waals surface area contributed by atoms with Crippen LogP contribution < -0.4 is 5.32 Å². The fraction of sp³-hybridized carbons (Fsp3) is 0.750. The van der Waals surface area contributed by atoms with Crippen LogP contribution in [0.4, 0.5) is 0 Å². The first-order valence-corrected chi connectivity index (χ1v) is 10.9. The summed E-state index contributed by atoms with van der Waals surface area (Å²) in [5, 5.41) is 14.8. The van der Waals surface area contributed by atoms with Crippen LogP contribution in [-0.2, 0) is 10.8 Å². The quantitative estimate of drug-likeness (QED) is 0.644. The van der Waals surface area contributed by atoms with Gasteiger partial charge in [0.1, 0.15) is 5.75 Å². The van der Waals surface area contributed by atoms with Crippen LogP contribution in [-0.4, -0.2) is 36.2 Å². The second-order valence-corrected chi connectivity index (χ2v) is 10.3. The van der Waals surface area contributed by atoms with Crippen molar-refractivity contribution in [3.63, 3.8) is 0 Å². The van der Waals surface area contributed by atoms with Crippen LogP contribution in [0.1, 0.15) is 96.9 Å². The summed E-state index contributed by atoms with van der Waals surface area (Å²) in [7, 11) is 0. The van der Waals surface area contributed by atoms with E-state index in [9.17, 15) is 5.11 Å². The number of unbranched alkanes of at least 4 members (excludes halogenated alkanes) is 2. The molecule has 2 rings (SSSR count). The van der Waals surface area contributed by atoms with Gasteiger partial charge in [0.15, 0.2) is 0 Å². The first kappa shape index (κ1) is 22.2. The molecule has 0 bridgehead atoms. The normalized spacial score (nSPS) is 17.9. The Balaban J connectivity index is 2.54. The topological polar surface area (TPSA) is 35.5 Å². The highest BCUT2D eigenvalue weighted by Crippen LogP contribution is 2.42. The molecule has 27 heavy (non-hydrogen) atoms. The highest BCUT2D eigenvalue weighted by atomic mass is 16.3. The van der Waals surface area contributed by atoms with Gasteiger partial charge in [-0.15, -0.1) is 0 Å². The molecular formula is C24H42N2O. The highest BCUT2D eigenvalue weighted by Gasteiger charge is 2.30. The number of benzene rings is 1. The Morgan fingerprint density at radius 1 is 1.00 bits per heavy atom. The summed E-state index contributed by atoms with van der Waals surface area (Å²) in [6, 6.07) is 4.84. The Morgan fingerprint density at radius 2 is 1.63 bits per heavy atom. The van der Waals surface area contributed by atoms with Gasteiger partial charge in [-0.3, -0.25) is 4.90 Å². The molecule has 0 spiro atoms. The first-order valence-electron chi connectivity index (χ1n) is 10.9. The molecule has 1 aromatic rings. The molecule has 0 aromatic heterocycles. The van der Waals surface area contributed by atoms with Crippen molar-refractivity contribution < 1.29 is 5.11 Å². The van der Waals surface area contributed by atoms with Crippen LogP contribution in [0, 0.1) is 0 Å². The minimum atomic E-state index is -0.0719. The lowest BCUT2D eigenvalue weighted by Crippen LogP contribution is -2.45. The minimum Gasteiger partial charge on any atom is -0.507 e. The molecule has 0 aliphatic carbocycles. The standard InChI is InChI=1S/C24H42N2O/c1-8-9-10-11-21(26-14-12-25-13-15-26)19-16-18(23(2,3)4)17-20(22(19)27)24(5,6)7/h16-17,21,25,27H,8-15H2,1-7H3/t21-/m0/s1. The molecule has 1 fully saturated rings. The zero-order valence-electron chi connectivity index (χ0n) is 18.8. The van der Waals surface area contributed by atoms with Crippen molar-refractivity contribution in [3.8, 4) is 5.75 Å². The van der Waals surface area contributed by atoms with Gasteiger partial charge in [-0.05, 0) is 34.4 Å². The minimum absolute atomic E-state index is 0.0693. The van der Waals surface area contributed by atoms with Crippen LogP contribution in [0.25, 0.3) is 0 Å². The van der Waals surface area contributed by atoms with Gasteiger partial charge >= 0.3 is 0 Å². The summed E-state index contributed by atoms with van der Waals surface area (Å²) in [5.41, 5.74) is 3.55. The van der Waals surface area contributed by atoms with E-state index in [4.69, 9.17) is 0 Å². The third-order valence-corrected chi connectivity index (χ3v) is 5.85. The fourth-order valence-corrected chi connectivity index (χ4v) is 4.03. The van der Waals surface area contributed by atoms with E-state index in [1.165, 1.54) is 24.8 Å². The maximum Gasteiger partial charge on any atom is 0.124 e. The highest BCUT2D eigenvalue weighted by molar-refractivity contribution is 5.50. The van der Waals surface area contributed by atoms with Crippen molar-refractivity contribution in [2.24, 2.45) is 0 Å². The van der Waals surface area contributed by atoms with E-state index < -0.39 is 0 Å². The number of phenolic OH excluding ortho intramolecular Hbond substituents is 1. The molecular weight excluding hydrogens is 332 g/mol. The van der Waals surface area contributed by atoms with Crippen molar-refractivity contribution in [2.45, 2.75) is 91.0 Å². The maximum absolute atomic E-state index is 11.3. The van der Waals surface area contributed by atoms with Gasteiger partial charge in [0.25, 0.3) is 0 Å². The molecule has 3 heteroatoms. The molecule has 1 atom stereocenters. The van der Waals surface area contributed by atoms with Crippen LogP contribution >= 0.6 is 0 Å². The van der Waals surface area contributed by atoms with E-state index in [0.717, 1.165) is 43.7 Å². The summed E-state index contributed by atoms with van der Waals surface area (Å²) >= 11 is 0. The number of piperazine rings is 1. The van der Waals surface area contributed by atoms with Gasteiger partial charge in [-0.1, -0.05) is 73.8 Å². The number of nitrogens with one attached hydrogen (secondary N) is 1. The smallest absolute Gasteiger partial charge is 0.124 e. The summed E-state index contributed by atoms with van der Waals surface area (Å²) in [4.78, 5) is 2.58. The van der Waals surface area contributed by atoms with Crippen LogP contribution in [0.15, 0.2) is 12.1 Å². The molecule has 1 aromatic carbocycles. The number of aromatic hydroxyl groups is 1. The van der Waals surface area contributed by atoms with E-state index in [0.29, 0.717) is 11.8 Å². The molecule has 1 aliphatic heterocycles. The Bertz CT molecular complexity index is 604. The predicted molar refractivity (Wildman–Crippen MR) is 117 cm³/mol. The predicted octanol–water partition coefficient (Wildman–Crippen LogP) is 5.51. The Kier molecular flexibility index (Phi) is 7.38. The van der Waals surface area contributed by atoms with Crippen LogP contribution in [0.2, 0.25) is 0 Å². The molecule has 3 nitrogen and oxygen atoms in total. The molecule has 1 heterocycles. The molecule has 0 radical (unpaired) electrons. The molecule has 0 unspecified atom stereocenters. The third kappa shape index (κ3) is 5.71. The molecule has 0 saturated carbocycles. The lowest BCUT2D eigenvalue weighted by molar-refractivity contribution is 0.160. The molecule has 0 amide bonds. The molecule has 1 aliphatic rings. The molecule has 154 valence electrons. The second kappa shape index (κ2) is 8.96. The number of rotatable bonds is 6. The Morgan fingerprint density at radius 3 is 2.15 bits per heavy atom. The Labute approximate surface area is 167 Å². The van der Waals surface area contributed by atoms with Crippen molar-refractivity contribution in [1.29, 1.82) is 0 Å². The summed E-state index contributed by atoms with van der Waals surface area (Å²) in [5.74, 6) is 0.524. The molecule has 2 N–H and O–H groups in total. The van der Waals surface area contributed by atoms with Gasteiger partial charge in [0.2, 0.25) is 0 Å². The maximum atomic E-state index is 11.3. The second-order valence-electron chi connectivity index (χ2n) is 10.3. The lowest BCUT2D eigenvalue weighted by Gasteiger charge is -2.37. The number of nitrogens with zero attached hydrogens (tertiary/aromatic N) is 1. The SMILES string of the molecule is CCCCC[C@@H](c1cc(C(C)(C)C)cc(C(C)(C)C)c1O)N1CCNCC1. The van der Waals surface area contributed by atoms with Crippen molar-refractivity contribution >= 4 is 0 Å². The van der Waals surface area contributed by atoms with Gasteiger partial charge in [0.05, 0.1) is 0 Å². The largest absolute Gasteiger partial charge is 0.507 e. The van der Waals surface area contributed by atoms with E-state index in [1.54, 1.807) is 0 Å². The fourth-order valence-electron chi connectivity index (χ4n) is 4.03. The van der Waals surface area contributed by atoms with Gasteiger partial charge in [-0.2, -0.15) is 0 Å². The van der Waals surface area contributed by atoms with Gasteiger partial charge < -0.3 is 10.4 Å². The van der Waals surface area contributed by atoms with Crippen LogP contribution in [0.5, 0.6) is 5.75 Å². The molecule has 1 saturated heterocycles. The number of phenols is 1. The van der Waals surface area contributed by atoms with Crippen molar-refractivity contribution in [2.75, 3.05) is 26.2 Å². The van der Waals surface area contributed by atoms with Gasteiger partial charge in [-0.25, -0.2) is 0 Å². The summed E-state index contributed by atoms with van der Waals surface area (Å²) in [6.07, 6.45) is 4.83. The average Bonchev–Trinajstić information content (AvgIpc) is 2.58. The number of hydrogen-bond acceptors (Lipinski definition) is 3. The van der Waals surface area contributed by atoms with Crippen molar-refractivity contribution in [3.05, 3.63) is 28.8 Å². The zero-order chi connectivity index (χ0) is 20.2. The number of hydrogen-bond donors (Lipinski definition) is 2. The van der Waals surface area contributed by atoms with E-state index in [-0.39, 0.29) is 10.8 Å². The zero-order valence-corrected chi connectivity index (χ0v) is 18.8.